The SMILES string of the molecule is ONc1c(-c2ccccc2S)ccc2c1=NCCC=2Cl. The Labute approximate surface area is 127 Å². The van der Waals surface area contributed by atoms with Crippen LogP contribution >= 0.6 is 24.2 Å². The molecule has 0 amide bonds. The summed E-state index contributed by atoms with van der Waals surface area (Å²) in [6.07, 6.45) is 0.738. The Hall–Kier alpha value is -1.49. The topological polar surface area (TPSA) is 44.6 Å². The maximum absolute atomic E-state index is 9.53. The number of thiol groups is 1. The van der Waals surface area contributed by atoms with Crippen LogP contribution in [0.2, 0.25) is 0 Å². The molecule has 0 bridgehead atoms. The average Bonchev–Trinajstić information content (AvgIpc) is 2.47. The fourth-order valence-corrected chi connectivity index (χ4v) is 2.93. The third-order valence-corrected chi connectivity index (χ3v) is 4.16. The highest BCUT2D eigenvalue weighted by molar-refractivity contribution is 7.80. The largest absolute Gasteiger partial charge is 0.291 e. The molecule has 102 valence electrons. The Morgan fingerprint density at radius 2 is 1.95 bits per heavy atom. The summed E-state index contributed by atoms with van der Waals surface area (Å²) >= 11 is 10.7. The summed E-state index contributed by atoms with van der Waals surface area (Å²) in [7, 11) is 0. The van der Waals surface area contributed by atoms with Crippen molar-refractivity contribution >= 4 is 34.9 Å². The van der Waals surface area contributed by atoms with Gasteiger partial charge in [0.15, 0.2) is 0 Å². The molecule has 3 rings (SSSR count). The first-order valence-corrected chi connectivity index (χ1v) is 7.09. The van der Waals surface area contributed by atoms with E-state index in [2.05, 4.69) is 23.1 Å². The first kappa shape index (κ1) is 13.5. The van der Waals surface area contributed by atoms with Crippen LogP contribution in [0.4, 0.5) is 5.69 Å². The number of anilines is 1. The summed E-state index contributed by atoms with van der Waals surface area (Å²) in [4.78, 5) is 5.32. The van der Waals surface area contributed by atoms with Gasteiger partial charge < -0.3 is 0 Å². The van der Waals surface area contributed by atoms with Gasteiger partial charge in [0.25, 0.3) is 0 Å². The quantitative estimate of drug-likeness (QED) is 0.590. The number of hydrogen-bond acceptors (Lipinski definition) is 4. The van der Waals surface area contributed by atoms with Crippen molar-refractivity contribution in [3.63, 3.8) is 0 Å². The van der Waals surface area contributed by atoms with Gasteiger partial charge in [-0.25, -0.2) is 0 Å². The number of benzene rings is 2. The standard InChI is InChI=1S/C15H13ClN2OS/c16-12-7-8-17-14-11(12)6-5-10(15(14)18-19)9-3-1-2-4-13(9)20/h1-6,18-20H,7-8H2. The number of nitrogens with one attached hydrogen (secondary N) is 1. The molecule has 2 aromatic carbocycles. The zero-order valence-electron chi connectivity index (χ0n) is 10.6. The highest BCUT2D eigenvalue weighted by Gasteiger charge is 2.13. The lowest BCUT2D eigenvalue weighted by Gasteiger charge is -2.14. The summed E-state index contributed by atoms with van der Waals surface area (Å²) < 4.78 is 0. The molecule has 1 aliphatic rings. The van der Waals surface area contributed by atoms with E-state index in [9.17, 15) is 5.21 Å². The highest BCUT2D eigenvalue weighted by atomic mass is 35.5. The zero-order chi connectivity index (χ0) is 14.1. The molecule has 0 atom stereocenters. The Morgan fingerprint density at radius 1 is 1.15 bits per heavy atom. The molecule has 20 heavy (non-hydrogen) atoms. The van der Waals surface area contributed by atoms with E-state index in [4.69, 9.17) is 11.6 Å². The molecule has 0 saturated carbocycles. The monoisotopic (exact) mass is 304 g/mol. The second-order valence-electron chi connectivity index (χ2n) is 4.55. The van der Waals surface area contributed by atoms with Crippen molar-refractivity contribution in [2.24, 2.45) is 4.99 Å². The lowest BCUT2D eigenvalue weighted by atomic mass is 10.0. The van der Waals surface area contributed by atoms with Crippen molar-refractivity contribution in [1.82, 2.24) is 0 Å². The molecular formula is C15H13ClN2OS. The summed E-state index contributed by atoms with van der Waals surface area (Å²) in [5.74, 6) is 0. The molecular weight excluding hydrogens is 292 g/mol. The van der Waals surface area contributed by atoms with Gasteiger partial charge >= 0.3 is 0 Å². The van der Waals surface area contributed by atoms with Crippen molar-refractivity contribution in [3.8, 4) is 11.1 Å². The maximum Gasteiger partial charge on any atom is 0.0939 e. The molecule has 2 N–H and O–H groups in total. The predicted octanol–water partition coefficient (Wildman–Crippen LogP) is 2.81. The van der Waals surface area contributed by atoms with E-state index >= 15 is 0 Å². The molecule has 0 radical (unpaired) electrons. The van der Waals surface area contributed by atoms with Gasteiger partial charge in [-0.1, -0.05) is 41.9 Å². The highest BCUT2D eigenvalue weighted by Crippen LogP contribution is 2.30. The van der Waals surface area contributed by atoms with Gasteiger partial charge in [-0.2, -0.15) is 0 Å². The van der Waals surface area contributed by atoms with E-state index in [1.54, 1.807) is 0 Å². The first-order valence-electron chi connectivity index (χ1n) is 6.27. The molecule has 0 spiro atoms. The van der Waals surface area contributed by atoms with Crippen molar-refractivity contribution < 1.29 is 5.21 Å². The van der Waals surface area contributed by atoms with Crippen LogP contribution in [0.25, 0.3) is 16.2 Å². The molecule has 0 fully saturated rings. The van der Waals surface area contributed by atoms with Gasteiger partial charge in [0.2, 0.25) is 0 Å². The lowest BCUT2D eigenvalue weighted by Crippen LogP contribution is -2.32. The molecule has 2 aromatic rings. The van der Waals surface area contributed by atoms with Gasteiger partial charge in [0.1, 0.15) is 0 Å². The molecule has 0 aromatic heterocycles. The zero-order valence-corrected chi connectivity index (χ0v) is 12.2. The van der Waals surface area contributed by atoms with E-state index in [1.807, 2.05) is 36.4 Å². The maximum atomic E-state index is 9.53. The minimum atomic E-state index is 0.571. The van der Waals surface area contributed by atoms with Crippen molar-refractivity contribution in [2.45, 2.75) is 11.3 Å². The van der Waals surface area contributed by atoms with E-state index in [1.165, 1.54) is 0 Å². The van der Waals surface area contributed by atoms with E-state index in [0.717, 1.165) is 32.7 Å². The fraction of sp³-hybridized carbons (Fsp3) is 0.133. The number of nitrogens with zero attached hydrogens (tertiary/aromatic N) is 1. The van der Waals surface area contributed by atoms with Crippen molar-refractivity contribution in [3.05, 3.63) is 47.0 Å². The molecule has 3 nitrogen and oxygen atoms in total. The second-order valence-corrected chi connectivity index (χ2v) is 5.49. The van der Waals surface area contributed by atoms with Crippen LogP contribution in [0, 0.1) is 0 Å². The van der Waals surface area contributed by atoms with Crippen LogP contribution in [0.15, 0.2) is 46.3 Å². The van der Waals surface area contributed by atoms with Crippen molar-refractivity contribution in [2.75, 3.05) is 12.0 Å². The summed E-state index contributed by atoms with van der Waals surface area (Å²) in [6, 6.07) is 11.6. The first-order chi connectivity index (χ1) is 9.72. The van der Waals surface area contributed by atoms with Crippen LogP contribution in [0.5, 0.6) is 0 Å². The van der Waals surface area contributed by atoms with Gasteiger partial charge in [0, 0.05) is 33.7 Å². The van der Waals surface area contributed by atoms with Gasteiger partial charge in [-0.05, 0) is 11.6 Å². The number of hydrogen-bond donors (Lipinski definition) is 3. The summed E-state index contributed by atoms with van der Waals surface area (Å²) in [6.45, 7) is 0.631. The lowest BCUT2D eigenvalue weighted by molar-refractivity contribution is 0.388. The normalized spacial score (nSPS) is 13.7. The minimum Gasteiger partial charge on any atom is -0.291 e. The molecule has 1 aliphatic heterocycles. The van der Waals surface area contributed by atoms with E-state index in [0.29, 0.717) is 17.6 Å². The van der Waals surface area contributed by atoms with Gasteiger partial charge in [0.05, 0.1) is 11.0 Å². The average molecular weight is 305 g/mol. The van der Waals surface area contributed by atoms with Gasteiger partial charge in [-0.15, -0.1) is 12.6 Å². The van der Waals surface area contributed by atoms with Crippen LogP contribution in [-0.2, 0) is 0 Å². The third-order valence-electron chi connectivity index (χ3n) is 3.38. The van der Waals surface area contributed by atoms with Crippen LogP contribution in [0.1, 0.15) is 6.42 Å². The minimum absolute atomic E-state index is 0.571. The Kier molecular flexibility index (Phi) is 3.70. The third kappa shape index (κ3) is 2.20. The molecule has 0 aliphatic carbocycles. The predicted molar refractivity (Wildman–Crippen MR) is 84.1 cm³/mol. The van der Waals surface area contributed by atoms with Crippen LogP contribution in [0.3, 0.4) is 0 Å². The number of fused-ring (bicyclic) bond motifs is 1. The summed E-state index contributed by atoms with van der Waals surface area (Å²) in [5, 5.41) is 11.9. The molecule has 5 heteroatoms. The number of halogens is 1. The van der Waals surface area contributed by atoms with E-state index in [-0.39, 0.29) is 0 Å². The summed E-state index contributed by atoms with van der Waals surface area (Å²) in [5.41, 5.74) is 4.63. The van der Waals surface area contributed by atoms with Crippen molar-refractivity contribution in [1.29, 1.82) is 0 Å². The Balaban J connectivity index is 2.36. The van der Waals surface area contributed by atoms with E-state index < -0.39 is 0 Å². The number of rotatable bonds is 2. The second kappa shape index (κ2) is 5.48. The molecule has 0 unspecified atom stereocenters. The Morgan fingerprint density at radius 3 is 2.70 bits per heavy atom. The van der Waals surface area contributed by atoms with Crippen LogP contribution in [-0.4, -0.2) is 11.8 Å². The fourth-order valence-electron chi connectivity index (χ4n) is 2.41. The molecule has 1 heterocycles. The molecule has 0 saturated heterocycles. The smallest absolute Gasteiger partial charge is 0.0939 e. The van der Waals surface area contributed by atoms with Gasteiger partial charge in [-0.3, -0.25) is 15.7 Å². The van der Waals surface area contributed by atoms with Crippen LogP contribution < -0.4 is 16.1 Å². The Bertz CT molecular complexity index is 789.